The fourth-order valence-electron chi connectivity index (χ4n) is 4.99. The van der Waals surface area contributed by atoms with Gasteiger partial charge >= 0.3 is 12.1 Å². The van der Waals surface area contributed by atoms with Gasteiger partial charge in [-0.1, -0.05) is 0 Å². The van der Waals surface area contributed by atoms with Crippen molar-refractivity contribution in [1.82, 2.24) is 29.0 Å². The molecular weight excluding hydrogens is 461 g/mol. The van der Waals surface area contributed by atoms with Crippen LogP contribution in [0, 0.1) is 6.92 Å². The summed E-state index contributed by atoms with van der Waals surface area (Å²) < 4.78 is 47.8. The second kappa shape index (κ2) is 9.27. The molecule has 0 bridgehead atoms. The molecule has 4 rings (SSSR count). The number of carbonyl (C=O) groups excluding carboxylic acids is 1. The minimum atomic E-state index is -4.22. The molecule has 3 aromatic rings. The molecule has 190 valence electrons. The monoisotopic (exact) mass is 492 g/mol. The molecule has 0 aliphatic carbocycles. The van der Waals surface area contributed by atoms with Gasteiger partial charge in [0.05, 0.1) is 18.2 Å². The Kier molecular flexibility index (Phi) is 6.67. The number of aryl methyl sites for hydroxylation is 2. The van der Waals surface area contributed by atoms with E-state index in [1.54, 1.807) is 30.7 Å². The number of hydrogen-bond acceptors (Lipinski definition) is 6. The van der Waals surface area contributed by atoms with E-state index in [0.29, 0.717) is 37.6 Å². The Hall–Kier alpha value is -2.92. The van der Waals surface area contributed by atoms with E-state index in [0.717, 1.165) is 16.8 Å². The minimum Gasteiger partial charge on any atom is -0.459 e. The third-order valence-electron chi connectivity index (χ3n) is 6.69. The molecule has 0 spiro atoms. The molecular formula is C24H31F3N6O2. The highest BCUT2D eigenvalue weighted by Gasteiger charge is 2.43. The Morgan fingerprint density at radius 3 is 2.43 bits per heavy atom. The van der Waals surface area contributed by atoms with Gasteiger partial charge in [0.2, 0.25) is 0 Å². The van der Waals surface area contributed by atoms with Crippen LogP contribution in [-0.4, -0.2) is 79.9 Å². The molecule has 1 unspecified atom stereocenters. The molecule has 1 aliphatic rings. The number of piperazine rings is 1. The summed E-state index contributed by atoms with van der Waals surface area (Å²) in [7, 11) is 1.81. The molecule has 4 heterocycles. The first-order valence-corrected chi connectivity index (χ1v) is 11.6. The first kappa shape index (κ1) is 25.2. The number of ether oxygens (including phenoxy) is 1. The number of halogens is 3. The van der Waals surface area contributed by atoms with Crippen LogP contribution in [0.5, 0.6) is 0 Å². The Morgan fingerprint density at radius 1 is 1.17 bits per heavy atom. The quantitative estimate of drug-likeness (QED) is 0.492. The van der Waals surface area contributed by atoms with Crippen LogP contribution in [0.2, 0.25) is 0 Å². The maximum atomic E-state index is 12.9. The van der Waals surface area contributed by atoms with Crippen LogP contribution >= 0.6 is 0 Å². The van der Waals surface area contributed by atoms with Crippen molar-refractivity contribution in [2.24, 2.45) is 7.05 Å². The van der Waals surface area contributed by atoms with Gasteiger partial charge in [0.15, 0.2) is 5.82 Å². The van der Waals surface area contributed by atoms with Gasteiger partial charge in [0.25, 0.3) is 0 Å². The summed E-state index contributed by atoms with van der Waals surface area (Å²) in [5, 5.41) is 4.27. The summed E-state index contributed by atoms with van der Waals surface area (Å²) >= 11 is 0. The molecule has 1 atom stereocenters. The minimum absolute atomic E-state index is 0.224. The zero-order valence-electron chi connectivity index (χ0n) is 20.6. The molecule has 3 aromatic heterocycles. The highest BCUT2D eigenvalue weighted by atomic mass is 19.4. The predicted molar refractivity (Wildman–Crippen MR) is 124 cm³/mol. The number of carbonyl (C=O) groups is 1. The van der Waals surface area contributed by atoms with Gasteiger partial charge in [-0.05, 0) is 45.9 Å². The van der Waals surface area contributed by atoms with E-state index in [9.17, 15) is 18.0 Å². The van der Waals surface area contributed by atoms with Crippen molar-refractivity contribution < 1.29 is 22.7 Å². The maximum absolute atomic E-state index is 12.9. The van der Waals surface area contributed by atoms with Crippen molar-refractivity contribution in [2.45, 2.75) is 45.5 Å². The number of nitrogens with zero attached hydrogens (tertiary/aromatic N) is 6. The van der Waals surface area contributed by atoms with Crippen molar-refractivity contribution in [3.63, 3.8) is 0 Å². The molecule has 35 heavy (non-hydrogen) atoms. The molecule has 0 radical (unpaired) electrons. The SMILES string of the molecule is Cc1c(C(C)(c2ncnn2C)N2CCN(CC(F)(F)F)CC2)cc2cc(C(=O)OC(C)C)ccn12. The highest BCUT2D eigenvalue weighted by Crippen LogP contribution is 2.38. The number of rotatable bonds is 6. The number of hydrogen-bond donors (Lipinski definition) is 0. The van der Waals surface area contributed by atoms with Crippen LogP contribution in [-0.2, 0) is 17.3 Å². The summed E-state index contributed by atoms with van der Waals surface area (Å²) in [4.78, 5) is 20.6. The van der Waals surface area contributed by atoms with Gasteiger partial charge in [-0.2, -0.15) is 18.3 Å². The molecule has 1 saturated heterocycles. The second-order valence-corrected chi connectivity index (χ2v) is 9.47. The lowest BCUT2D eigenvalue weighted by Gasteiger charge is -2.45. The van der Waals surface area contributed by atoms with Gasteiger partial charge in [0, 0.05) is 56.2 Å². The number of fused-ring (bicyclic) bond motifs is 1. The Morgan fingerprint density at radius 2 is 1.86 bits per heavy atom. The van der Waals surface area contributed by atoms with Crippen LogP contribution in [0.4, 0.5) is 13.2 Å². The molecule has 1 fully saturated rings. The van der Waals surface area contributed by atoms with Gasteiger partial charge in [-0.3, -0.25) is 14.5 Å². The molecule has 0 aromatic carbocycles. The van der Waals surface area contributed by atoms with Crippen molar-refractivity contribution >= 4 is 11.5 Å². The fourth-order valence-corrected chi connectivity index (χ4v) is 4.99. The predicted octanol–water partition coefficient (Wildman–Crippen LogP) is 3.38. The number of pyridine rings is 1. The lowest BCUT2D eigenvalue weighted by molar-refractivity contribution is -0.150. The Bertz CT molecular complexity index is 1210. The molecule has 11 heteroatoms. The van der Waals surface area contributed by atoms with E-state index in [1.165, 1.54) is 11.2 Å². The third-order valence-corrected chi connectivity index (χ3v) is 6.69. The molecule has 0 saturated carbocycles. The number of aromatic nitrogens is 4. The van der Waals surface area contributed by atoms with E-state index >= 15 is 0 Å². The average Bonchev–Trinajstić information content (AvgIpc) is 3.35. The first-order valence-electron chi connectivity index (χ1n) is 11.6. The fraction of sp³-hybridized carbons (Fsp3) is 0.542. The van der Waals surface area contributed by atoms with Crippen LogP contribution in [0.1, 0.15) is 48.2 Å². The molecule has 8 nitrogen and oxygen atoms in total. The van der Waals surface area contributed by atoms with Crippen LogP contribution < -0.4 is 0 Å². The molecule has 0 amide bonds. The number of alkyl halides is 3. The summed E-state index contributed by atoms with van der Waals surface area (Å²) in [5.41, 5.74) is 2.43. The van der Waals surface area contributed by atoms with E-state index < -0.39 is 18.3 Å². The van der Waals surface area contributed by atoms with Crippen molar-refractivity contribution in [3.8, 4) is 0 Å². The molecule has 0 N–H and O–H groups in total. The lowest BCUT2D eigenvalue weighted by atomic mass is 9.88. The Labute approximate surface area is 202 Å². The van der Waals surface area contributed by atoms with Gasteiger partial charge < -0.3 is 9.14 Å². The van der Waals surface area contributed by atoms with Gasteiger partial charge in [-0.25, -0.2) is 9.78 Å². The standard InChI is InChI=1S/C24H31F3N6O2/c1-16(2)35-21(34)18-6-7-33-17(3)20(13-19(33)12-18)23(4,22-28-15-29-30(22)5)32-10-8-31(9-11-32)14-24(25,26)27/h6-7,12-13,15-16H,8-11,14H2,1-5H3. The van der Waals surface area contributed by atoms with Crippen molar-refractivity contribution in [3.05, 3.63) is 53.4 Å². The van der Waals surface area contributed by atoms with E-state index in [2.05, 4.69) is 15.0 Å². The number of esters is 1. The summed E-state index contributed by atoms with van der Waals surface area (Å²) in [5.74, 6) is 0.306. The normalized spacial score (nSPS) is 17.7. The maximum Gasteiger partial charge on any atom is 0.401 e. The van der Waals surface area contributed by atoms with Crippen LogP contribution in [0.25, 0.3) is 5.52 Å². The summed E-state index contributed by atoms with van der Waals surface area (Å²) in [6.07, 6.45) is -1.12. The van der Waals surface area contributed by atoms with Gasteiger partial charge in [-0.15, -0.1) is 0 Å². The smallest absolute Gasteiger partial charge is 0.401 e. The van der Waals surface area contributed by atoms with Gasteiger partial charge in [0.1, 0.15) is 11.9 Å². The van der Waals surface area contributed by atoms with Crippen LogP contribution in [0.15, 0.2) is 30.7 Å². The highest BCUT2D eigenvalue weighted by molar-refractivity contribution is 5.91. The summed E-state index contributed by atoms with van der Waals surface area (Å²) in [6, 6.07) is 5.53. The zero-order chi connectivity index (χ0) is 25.5. The first-order chi connectivity index (χ1) is 16.4. The lowest BCUT2D eigenvalue weighted by Crippen LogP contribution is -2.56. The second-order valence-electron chi connectivity index (χ2n) is 9.47. The molecule has 1 aliphatic heterocycles. The zero-order valence-corrected chi connectivity index (χ0v) is 20.6. The largest absolute Gasteiger partial charge is 0.459 e. The summed E-state index contributed by atoms with van der Waals surface area (Å²) in [6.45, 7) is 8.19. The van der Waals surface area contributed by atoms with E-state index in [-0.39, 0.29) is 12.1 Å². The average molecular weight is 493 g/mol. The van der Waals surface area contributed by atoms with E-state index in [1.807, 2.05) is 37.6 Å². The third kappa shape index (κ3) is 4.92. The Balaban J connectivity index is 1.73. The van der Waals surface area contributed by atoms with E-state index in [4.69, 9.17) is 4.74 Å². The van der Waals surface area contributed by atoms with Crippen molar-refractivity contribution in [2.75, 3.05) is 32.7 Å². The van der Waals surface area contributed by atoms with Crippen molar-refractivity contribution in [1.29, 1.82) is 0 Å². The van der Waals surface area contributed by atoms with Crippen LogP contribution in [0.3, 0.4) is 0 Å². The topological polar surface area (TPSA) is 67.9 Å².